The van der Waals surface area contributed by atoms with Crippen LogP contribution in [-0.2, 0) is 6.54 Å². The van der Waals surface area contributed by atoms with Gasteiger partial charge in [-0.1, -0.05) is 0 Å². The van der Waals surface area contributed by atoms with Gasteiger partial charge in [0, 0.05) is 18.3 Å². The smallest absolute Gasteiger partial charge is 0.262 e. The molecule has 3 heterocycles. The second kappa shape index (κ2) is 7.85. The zero-order valence-electron chi connectivity index (χ0n) is 16.5. The summed E-state index contributed by atoms with van der Waals surface area (Å²) < 4.78 is 6.61. The van der Waals surface area contributed by atoms with E-state index in [0.29, 0.717) is 28.6 Å². The Morgan fingerprint density at radius 2 is 2.00 bits per heavy atom. The minimum Gasteiger partial charge on any atom is -0.495 e. The molecule has 0 aromatic carbocycles. The Hall–Kier alpha value is -3.13. The summed E-state index contributed by atoms with van der Waals surface area (Å²) in [7, 11) is 1.59. The van der Waals surface area contributed by atoms with E-state index in [1.807, 2.05) is 26.8 Å². The second-order valence-corrected chi connectivity index (χ2v) is 7.44. The van der Waals surface area contributed by atoms with E-state index in [0.717, 1.165) is 5.39 Å². The molecule has 0 aliphatic heterocycles. The summed E-state index contributed by atoms with van der Waals surface area (Å²) in [5.41, 5.74) is -0.485. The summed E-state index contributed by atoms with van der Waals surface area (Å²) >= 11 is 0. The zero-order chi connectivity index (χ0) is 20.3. The summed E-state index contributed by atoms with van der Waals surface area (Å²) in [5, 5.41) is 16.9. The lowest BCUT2D eigenvalue weighted by atomic mass is 10.1. The first-order chi connectivity index (χ1) is 13.3. The first-order valence-electron chi connectivity index (χ1n) is 9.01. The maximum atomic E-state index is 12.9. The van der Waals surface area contributed by atoms with Gasteiger partial charge in [0.25, 0.3) is 5.56 Å². The molecule has 28 heavy (non-hydrogen) atoms. The molecule has 0 saturated heterocycles. The van der Waals surface area contributed by atoms with Crippen molar-refractivity contribution in [1.82, 2.24) is 14.5 Å². The maximum Gasteiger partial charge on any atom is 0.262 e. The van der Waals surface area contributed by atoms with Crippen molar-refractivity contribution in [3.8, 4) is 5.75 Å². The third-order valence-electron chi connectivity index (χ3n) is 4.02. The van der Waals surface area contributed by atoms with E-state index in [1.54, 1.807) is 37.7 Å². The topological polar surface area (TPSA) is 101 Å². The van der Waals surface area contributed by atoms with Crippen molar-refractivity contribution < 1.29 is 9.84 Å². The molecule has 148 valence electrons. The van der Waals surface area contributed by atoms with Crippen LogP contribution >= 0.6 is 0 Å². The number of methoxy groups -OCH3 is 1. The number of anilines is 3. The maximum absolute atomic E-state index is 12.9. The van der Waals surface area contributed by atoms with E-state index < -0.39 is 0 Å². The predicted molar refractivity (Wildman–Crippen MR) is 111 cm³/mol. The first kappa shape index (κ1) is 19.6. The number of aliphatic hydroxyl groups is 1. The number of nitrogens with zero attached hydrogens (tertiary/aromatic N) is 3. The zero-order valence-corrected chi connectivity index (χ0v) is 16.5. The van der Waals surface area contributed by atoms with Crippen molar-refractivity contribution in [2.24, 2.45) is 0 Å². The standard InChI is InChI=1S/C20H25N5O3/c1-20(2,3)24-18-17-13(7-8-25(9-10-26)19(17)27)11-16(23-18)22-15-6-5-14(28-4)12-21-15/h5-8,11-12,26H,9-10H2,1-4H3,(H2,21,22,23,24). The van der Waals surface area contributed by atoms with Crippen molar-refractivity contribution in [3.63, 3.8) is 0 Å². The van der Waals surface area contributed by atoms with Crippen LogP contribution < -0.4 is 20.9 Å². The summed E-state index contributed by atoms with van der Waals surface area (Å²) in [5.74, 6) is 2.33. The van der Waals surface area contributed by atoms with Crippen LogP contribution in [0.5, 0.6) is 5.75 Å². The number of pyridine rings is 3. The number of rotatable bonds is 6. The normalized spacial score (nSPS) is 11.5. The molecule has 0 aliphatic rings. The van der Waals surface area contributed by atoms with E-state index in [2.05, 4.69) is 20.6 Å². The molecule has 0 unspecified atom stereocenters. The molecule has 3 rings (SSSR count). The lowest BCUT2D eigenvalue weighted by Crippen LogP contribution is -2.29. The molecule has 0 spiro atoms. The minimum absolute atomic E-state index is 0.107. The molecule has 0 radical (unpaired) electrons. The number of fused-ring (bicyclic) bond motifs is 1. The highest BCUT2D eigenvalue weighted by Gasteiger charge is 2.17. The Labute approximate surface area is 163 Å². The van der Waals surface area contributed by atoms with Crippen LogP contribution in [0.3, 0.4) is 0 Å². The van der Waals surface area contributed by atoms with Crippen LogP contribution in [0.15, 0.2) is 41.5 Å². The fraction of sp³-hybridized carbons (Fsp3) is 0.350. The van der Waals surface area contributed by atoms with Gasteiger partial charge >= 0.3 is 0 Å². The van der Waals surface area contributed by atoms with Crippen molar-refractivity contribution in [3.05, 3.63) is 47.0 Å². The van der Waals surface area contributed by atoms with Gasteiger partial charge in [-0.3, -0.25) is 4.79 Å². The van der Waals surface area contributed by atoms with E-state index in [-0.39, 0.29) is 24.2 Å². The van der Waals surface area contributed by atoms with Crippen LogP contribution in [0.1, 0.15) is 20.8 Å². The Balaban J connectivity index is 2.09. The Morgan fingerprint density at radius 3 is 2.61 bits per heavy atom. The van der Waals surface area contributed by atoms with Gasteiger partial charge in [-0.2, -0.15) is 0 Å². The summed E-state index contributed by atoms with van der Waals surface area (Å²) in [6.45, 7) is 6.13. The van der Waals surface area contributed by atoms with Crippen molar-refractivity contribution >= 4 is 28.2 Å². The monoisotopic (exact) mass is 383 g/mol. The van der Waals surface area contributed by atoms with Gasteiger partial charge in [0.15, 0.2) is 0 Å². The molecular weight excluding hydrogens is 358 g/mol. The summed E-state index contributed by atoms with van der Waals surface area (Å²) in [6, 6.07) is 7.24. The molecule has 8 heteroatoms. The van der Waals surface area contributed by atoms with Crippen LogP contribution in [-0.4, -0.2) is 38.9 Å². The molecule has 0 aliphatic carbocycles. The average molecular weight is 383 g/mol. The molecule has 3 aromatic rings. The summed E-state index contributed by atoms with van der Waals surface area (Å²) in [6.07, 6.45) is 3.29. The minimum atomic E-state index is -0.291. The van der Waals surface area contributed by atoms with E-state index in [9.17, 15) is 9.90 Å². The quantitative estimate of drug-likeness (QED) is 0.602. The molecule has 0 amide bonds. The van der Waals surface area contributed by atoms with Gasteiger partial charge in [0.2, 0.25) is 0 Å². The molecule has 0 bridgehead atoms. The third-order valence-corrected chi connectivity index (χ3v) is 4.02. The summed E-state index contributed by atoms with van der Waals surface area (Å²) in [4.78, 5) is 21.8. The molecule has 0 atom stereocenters. The molecule has 0 fully saturated rings. The Morgan fingerprint density at radius 1 is 1.21 bits per heavy atom. The van der Waals surface area contributed by atoms with E-state index in [4.69, 9.17) is 4.74 Å². The molecule has 8 nitrogen and oxygen atoms in total. The molecule has 3 N–H and O–H groups in total. The number of aromatic nitrogens is 3. The Bertz CT molecular complexity index is 1020. The molecular formula is C20H25N5O3. The van der Waals surface area contributed by atoms with Gasteiger partial charge in [0.1, 0.15) is 23.2 Å². The van der Waals surface area contributed by atoms with Crippen LogP contribution in [0.25, 0.3) is 10.8 Å². The molecule has 3 aromatic heterocycles. The predicted octanol–water partition coefficient (Wildman–Crippen LogP) is 2.75. The van der Waals surface area contributed by atoms with Gasteiger partial charge in [-0.15, -0.1) is 0 Å². The van der Waals surface area contributed by atoms with Gasteiger partial charge in [-0.05, 0) is 50.4 Å². The number of hydrogen-bond donors (Lipinski definition) is 3. The fourth-order valence-corrected chi connectivity index (χ4v) is 2.80. The van der Waals surface area contributed by atoms with Crippen molar-refractivity contribution in [2.75, 3.05) is 24.4 Å². The highest BCUT2D eigenvalue weighted by atomic mass is 16.5. The van der Waals surface area contributed by atoms with Crippen LogP contribution in [0.2, 0.25) is 0 Å². The van der Waals surface area contributed by atoms with Crippen LogP contribution in [0, 0.1) is 0 Å². The van der Waals surface area contributed by atoms with Gasteiger partial charge in [-0.25, -0.2) is 9.97 Å². The lowest BCUT2D eigenvalue weighted by Gasteiger charge is -2.23. The number of hydrogen-bond acceptors (Lipinski definition) is 7. The van der Waals surface area contributed by atoms with E-state index in [1.165, 1.54) is 4.57 Å². The first-order valence-corrected chi connectivity index (χ1v) is 9.01. The van der Waals surface area contributed by atoms with Gasteiger partial charge in [0.05, 0.1) is 25.3 Å². The molecule has 0 saturated carbocycles. The second-order valence-electron chi connectivity index (χ2n) is 7.44. The number of aliphatic hydroxyl groups excluding tert-OH is 1. The van der Waals surface area contributed by atoms with Gasteiger partial charge < -0.3 is 25.0 Å². The fourth-order valence-electron chi connectivity index (χ4n) is 2.80. The van der Waals surface area contributed by atoms with Crippen molar-refractivity contribution in [1.29, 1.82) is 0 Å². The number of nitrogens with one attached hydrogen (secondary N) is 2. The highest BCUT2D eigenvalue weighted by molar-refractivity contribution is 5.93. The van der Waals surface area contributed by atoms with Crippen molar-refractivity contribution in [2.45, 2.75) is 32.9 Å². The lowest BCUT2D eigenvalue weighted by molar-refractivity contribution is 0.274. The highest BCUT2D eigenvalue weighted by Crippen LogP contribution is 2.26. The Kier molecular flexibility index (Phi) is 5.51. The largest absolute Gasteiger partial charge is 0.495 e. The average Bonchev–Trinajstić information content (AvgIpc) is 2.63. The third kappa shape index (κ3) is 4.40. The SMILES string of the molecule is COc1ccc(Nc2cc3ccn(CCO)c(=O)c3c(NC(C)(C)C)n2)nc1. The van der Waals surface area contributed by atoms with E-state index >= 15 is 0 Å². The van der Waals surface area contributed by atoms with Crippen LogP contribution in [0.4, 0.5) is 17.5 Å². The number of ether oxygens (including phenoxy) is 1.